The van der Waals surface area contributed by atoms with Crippen LogP contribution in [0.5, 0.6) is 0 Å². The van der Waals surface area contributed by atoms with Crippen molar-refractivity contribution in [1.29, 1.82) is 0 Å². The molecular formula is C16H30O. The van der Waals surface area contributed by atoms with Crippen molar-refractivity contribution in [2.75, 3.05) is 0 Å². The Labute approximate surface area is 107 Å². The normalized spacial score (nSPS) is 27.1. The summed E-state index contributed by atoms with van der Waals surface area (Å²) in [5, 5.41) is 0. The van der Waals surface area contributed by atoms with Crippen molar-refractivity contribution in [1.82, 2.24) is 0 Å². The molecule has 1 heteroatoms. The Kier molecular flexibility index (Phi) is 8.38. The summed E-state index contributed by atoms with van der Waals surface area (Å²) in [7, 11) is 0. The number of carbonyl (C=O) groups is 1. The van der Waals surface area contributed by atoms with Crippen LogP contribution in [0.4, 0.5) is 0 Å². The number of hydrogen-bond acceptors (Lipinski definition) is 1. The average molecular weight is 238 g/mol. The Morgan fingerprint density at radius 1 is 0.706 bits per heavy atom. The van der Waals surface area contributed by atoms with Gasteiger partial charge in [-0.15, -0.1) is 0 Å². The van der Waals surface area contributed by atoms with Gasteiger partial charge in [-0.3, -0.25) is 4.79 Å². The molecule has 1 aliphatic rings. The van der Waals surface area contributed by atoms with Crippen LogP contribution in [0.3, 0.4) is 0 Å². The quantitative estimate of drug-likeness (QED) is 0.561. The number of hydrogen-bond donors (Lipinski definition) is 0. The van der Waals surface area contributed by atoms with Crippen LogP contribution in [-0.4, -0.2) is 5.78 Å². The van der Waals surface area contributed by atoms with Crippen molar-refractivity contribution >= 4 is 5.78 Å². The van der Waals surface area contributed by atoms with Gasteiger partial charge in [0.1, 0.15) is 5.78 Å². The van der Waals surface area contributed by atoms with Gasteiger partial charge in [0, 0.05) is 12.3 Å². The molecule has 0 heterocycles. The van der Waals surface area contributed by atoms with Gasteiger partial charge >= 0.3 is 0 Å². The Balaban J connectivity index is 2.24. The molecule has 0 amide bonds. The fraction of sp³-hybridized carbons (Fsp3) is 0.938. The molecule has 0 unspecified atom stereocenters. The van der Waals surface area contributed by atoms with E-state index in [1.807, 2.05) is 0 Å². The molecule has 0 radical (unpaired) electrons. The molecular weight excluding hydrogens is 208 g/mol. The Morgan fingerprint density at radius 2 is 1.12 bits per heavy atom. The molecule has 17 heavy (non-hydrogen) atoms. The molecule has 1 saturated carbocycles. The Hall–Kier alpha value is -0.330. The summed E-state index contributed by atoms with van der Waals surface area (Å²) in [6.45, 7) is 2.13. The van der Waals surface area contributed by atoms with Gasteiger partial charge in [0.05, 0.1) is 0 Å². The van der Waals surface area contributed by atoms with Crippen LogP contribution >= 0.6 is 0 Å². The van der Waals surface area contributed by atoms with Crippen LogP contribution in [0.1, 0.15) is 90.4 Å². The molecule has 0 aliphatic heterocycles. The van der Waals surface area contributed by atoms with Gasteiger partial charge in [-0.1, -0.05) is 71.1 Å². The topological polar surface area (TPSA) is 17.1 Å². The minimum atomic E-state index is 0.320. The van der Waals surface area contributed by atoms with E-state index in [2.05, 4.69) is 6.92 Å². The number of Topliss-reactive ketones (excluding diaryl/α,β-unsaturated/α-hetero) is 1. The lowest BCUT2D eigenvalue weighted by atomic mass is 9.95. The van der Waals surface area contributed by atoms with Gasteiger partial charge in [-0.05, 0) is 12.8 Å². The molecule has 0 saturated heterocycles. The van der Waals surface area contributed by atoms with Gasteiger partial charge in [-0.25, -0.2) is 0 Å². The van der Waals surface area contributed by atoms with E-state index >= 15 is 0 Å². The first-order chi connectivity index (χ1) is 8.30. The fourth-order valence-corrected chi connectivity index (χ4v) is 2.75. The molecule has 0 aromatic rings. The van der Waals surface area contributed by atoms with E-state index in [0.29, 0.717) is 11.7 Å². The maximum Gasteiger partial charge on any atom is 0.135 e. The standard InChI is InChI=1S/C16H30O/c1-15-13-11-9-7-5-3-2-4-6-8-10-12-14-16(15)17/h15H,2-14H2,1H3/t15-/m1/s1. The maximum absolute atomic E-state index is 11.9. The van der Waals surface area contributed by atoms with Crippen molar-refractivity contribution in [2.24, 2.45) is 5.92 Å². The third kappa shape index (κ3) is 7.57. The zero-order chi connectivity index (χ0) is 12.3. The molecule has 100 valence electrons. The molecule has 1 fully saturated rings. The monoisotopic (exact) mass is 238 g/mol. The minimum absolute atomic E-state index is 0.320. The van der Waals surface area contributed by atoms with Crippen molar-refractivity contribution in [3.8, 4) is 0 Å². The van der Waals surface area contributed by atoms with Crippen LogP contribution in [0.2, 0.25) is 0 Å². The fourth-order valence-electron chi connectivity index (χ4n) is 2.75. The summed E-state index contributed by atoms with van der Waals surface area (Å²) in [5.41, 5.74) is 0. The SMILES string of the molecule is C[C@@H]1CCCCCCCCCCCCCC1=O. The molecule has 1 nitrogen and oxygen atoms in total. The van der Waals surface area contributed by atoms with Crippen LogP contribution in [0, 0.1) is 5.92 Å². The molecule has 0 aromatic carbocycles. The lowest BCUT2D eigenvalue weighted by molar-refractivity contribution is -0.122. The highest BCUT2D eigenvalue weighted by Gasteiger charge is 2.11. The highest BCUT2D eigenvalue weighted by atomic mass is 16.1. The second kappa shape index (κ2) is 9.67. The van der Waals surface area contributed by atoms with Crippen LogP contribution < -0.4 is 0 Å². The minimum Gasteiger partial charge on any atom is -0.299 e. The van der Waals surface area contributed by atoms with E-state index < -0.39 is 0 Å². The summed E-state index contributed by atoms with van der Waals surface area (Å²) < 4.78 is 0. The van der Waals surface area contributed by atoms with Crippen LogP contribution in [-0.2, 0) is 4.79 Å². The summed E-state index contributed by atoms with van der Waals surface area (Å²) in [4.78, 5) is 11.9. The van der Waals surface area contributed by atoms with Crippen LogP contribution in [0.15, 0.2) is 0 Å². The first kappa shape index (κ1) is 14.7. The molecule has 1 aliphatic carbocycles. The summed E-state index contributed by atoms with van der Waals surface area (Å²) in [6.07, 6.45) is 16.7. The summed E-state index contributed by atoms with van der Waals surface area (Å²) >= 11 is 0. The van der Waals surface area contributed by atoms with E-state index in [-0.39, 0.29) is 0 Å². The van der Waals surface area contributed by atoms with Gasteiger partial charge in [0.15, 0.2) is 0 Å². The molecule has 1 atom stereocenters. The molecule has 1 rings (SSSR count). The smallest absolute Gasteiger partial charge is 0.135 e. The van der Waals surface area contributed by atoms with Crippen LogP contribution in [0.25, 0.3) is 0 Å². The number of carbonyl (C=O) groups excluding carboxylic acids is 1. The summed E-state index contributed by atoms with van der Waals surface area (Å²) in [5.74, 6) is 0.833. The van der Waals surface area contributed by atoms with Gasteiger partial charge in [0.25, 0.3) is 0 Å². The van der Waals surface area contributed by atoms with Gasteiger partial charge in [0.2, 0.25) is 0 Å². The lowest BCUT2D eigenvalue weighted by Gasteiger charge is -2.09. The zero-order valence-corrected chi connectivity index (χ0v) is 11.7. The highest BCUT2D eigenvalue weighted by Crippen LogP contribution is 2.18. The second-order valence-corrected chi connectivity index (χ2v) is 5.80. The van der Waals surface area contributed by atoms with E-state index in [4.69, 9.17) is 0 Å². The van der Waals surface area contributed by atoms with Crippen molar-refractivity contribution in [3.63, 3.8) is 0 Å². The molecule has 0 aromatic heterocycles. The predicted molar refractivity (Wildman–Crippen MR) is 74.2 cm³/mol. The van der Waals surface area contributed by atoms with E-state index in [0.717, 1.165) is 19.3 Å². The maximum atomic E-state index is 11.9. The van der Waals surface area contributed by atoms with Crippen molar-refractivity contribution in [2.45, 2.75) is 90.4 Å². The van der Waals surface area contributed by atoms with Crippen molar-refractivity contribution in [3.05, 3.63) is 0 Å². The van der Waals surface area contributed by atoms with Gasteiger partial charge in [-0.2, -0.15) is 0 Å². The zero-order valence-electron chi connectivity index (χ0n) is 11.7. The Bertz CT molecular complexity index is 198. The first-order valence-electron chi connectivity index (χ1n) is 7.83. The summed E-state index contributed by atoms with van der Waals surface area (Å²) in [6, 6.07) is 0. The average Bonchev–Trinajstić information content (AvgIpc) is 2.34. The van der Waals surface area contributed by atoms with E-state index in [1.165, 1.54) is 64.2 Å². The first-order valence-corrected chi connectivity index (χ1v) is 7.83. The Morgan fingerprint density at radius 3 is 1.65 bits per heavy atom. The highest BCUT2D eigenvalue weighted by molar-refractivity contribution is 5.80. The van der Waals surface area contributed by atoms with Gasteiger partial charge < -0.3 is 0 Å². The predicted octanol–water partition coefficient (Wildman–Crippen LogP) is 5.28. The number of rotatable bonds is 0. The van der Waals surface area contributed by atoms with E-state index in [1.54, 1.807) is 0 Å². The largest absolute Gasteiger partial charge is 0.299 e. The molecule has 0 N–H and O–H groups in total. The number of ketones is 1. The molecule has 0 bridgehead atoms. The third-order valence-electron chi connectivity index (χ3n) is 4.11. The van der Waals surface area contributed by atoms with E-state index in [9.17, 15) is 4.79 Å². The molecule has 0 spiro atoms. The second-order valence-electron chi connectivity index (χ2n) is 5.80. The lowest BCUT2D eigenvalue weighted by Crippen LogP contribution is -2.10. The third-order valence-corrected chi connectivity index (χ3v) is 4.11. The van der Waals surface area contributed by atoms with Crippen molar-refractivity contribution < 1.29 is 4.79 Å².